The third-order valence-corrected chi connectivity index (χ3v) is 1.57. The molecule has 0 saturated carbocycles. The van der Waals surface area contributed by atoms with E-state index in [-0.39, 0.29) is 0 Å². The number of halogens is 6. The number of rotatable bonds is 3. The lowest BCUT2D eigenvalue weighted by Crippen LogP contribution is -2.41. The van der Waals surface area contributed by atoms with Gasteiger partial charge in [0.15, 0.2) is 0 Å². The van der Waals surface area contributed by atoms with Crippen LogP contribution >= 0.6 is 22.6 Å². The molecule has 0 aromatic carbocycles. The molecule has 1 nitrogen and oxygen atoms in total. The highest BCUT2D eigenvalue weighted by Crippen LogP contribution is 2.32. The van der Waals surface area contributed by atoms with Crippen LogP contribution in [-0.2, 0) is 4.79 Å². The Morgan fingerprint density at radius 3 is 1.92 bits per heavy atom. The number of carbonyl (C=O) groups excluding carboxylic acids is 1. The van der Waals surface area contributed by atoms with Crippen LogP contribution in [0.4, 0.5) is 22.0 Å². The quantitative estimate of drug-likeness (QED) is 0.444. The van der Waals surface area contributed by atoms with E-state index in [1.54, 1.807) is 0 Å². The first-order chi connectivity index (χ1) is 5.57. The maximum Gasteiger partial charge on any atom is 0.456 e. The van der Waals surface area contributed by atoms with Gasteiger partial charge in [-0.2, -0.15) is 22.0 Å². The van der Waals surface area contributed by atoms with E-state index < -0.39 is 28.2 Å². The molecule has 0 fully saturated rings. The molecule has 0 heterocycles. The maximum absolute atomic E-state index is 12.5. The van der Waals surface area contributed by atoms with E-state index in [0.717, 1.165) is 0 Å². The van der Waals surface area contributed by atoms with Crippen molar-refractivity contribution in [2.45, 2.75) is 29.4 Å². The van der Waals surface area contributed by atoms with E-state index in [0.29, 0.717) is 0 Å². The van der Waals surface area contributed by atoms with Gasteiger partial charge in [-0.05, 0) is 0 Å². The molecule has 13 heavy (non-hydrogen) atoms. The van der Waals surface area contributed by atoms with Gasteiger partial charge in [0.25, 0.3) is 0 Å². The smallest absolute Gasteiger partial charge is 0.283 e. The summed E-state index contributed by atoms with van der Waals surface area (Å²) in [7, 11) is 0. The van der Waals surface area contributed by atoms with Gasteiger partial charge in [-0.15, -0.1) is 0 Å². The third-order valence-electron chi connectivity index (χ3n) is 1.13. The normalized spacial score (nSPS) is 15.6. The average molecular weight is 316 g/mol. The zero-order valence-electron chi connectivity index (χ0n) is 6.46. The lowest BCUT2D eigenvalue weighted by atomic mass is 10.1. The van der Waals surface area contributed by atoms with Crippen molar-refractivity contribution in [3.8, 4) is 0 Å². The van der Waals surface area contributed by atoms with Crippen molar-refractivity contribution < 1.29 is 26.7 Å². The Morgan fingerprint density at radius 1 is 1.31 bits per heavy atom. The van der Waals surface area contributed by atoms with Crippen LogP contribution in [0.2, 0.25) is 0 Å². The molecule has 0 spiro atoms. The van der Waals surface area contributed by atoms with Gasteiger partial charge in [0.05, 0.1) is 0 Å². The van der Waals surface area contributed by atoms with Crippen molar-refractivity contribution in [2.24, 2.45) is 0 Å². The summed E-state index contributed by atoms with van der Waals surface area (Å²) in [5.41, 5.74) is 0. The summed E-state index contributed by atoms with van der Waals surface area (Å²) in [6.45, 7) is 1.30. The molecule has 7 heteroatoms. The molecule has 0 saturated heterocycles. The standard InChI is InChI=1S/C6H6F5IO/c1-3(12)2-5(7,8)4(13)6(9,10)11/h3H,2H2,1H3/t3-/m0/s1. The highest BCUT2D eigenvalue weighted by Gasteiger charge is 2.54. The van der Waals surface area contributed by atoms with E-state index in [4.69, 9.17) is 0 Å². The third kappa shape index (κ3) is 4.19. The van der Waals surface area contributed by atoms with Gasteiger partial charge in [0.2, 0.25) is 0 Å². The van der Waals surface area contributed by atoms with Crippen LogP contribution in [0.3, 0.4) is 0 Å². The van der Waals surface area contributed by atoms with Crippen molar-refractivity contribution in [3.05, 3.63) is 0 Å². The van der Waals surface area contributed by atoms with Crippen LogP contribution in [0, 0.1) is 0 Å². The Kier molecular flexibility index (Phi) is 4.07. The zero-order valence-corrected chi connectivity index (χ0v) is 8.62. The first-order valence-corrected chi connectivity index (χ1v) is 4.45. The average Bonchev–Trinajstić information content (AvgIpc) is 1.80. The highest BCUT2D eigenvalue weighted by atomic mass is 127. The molecule has 0 rings (SSSR count). The predicted octanol–water partition coefficient (Wildman–Crippen LogP) is 2.97. The number of alkyl halides is 6. The molecule has 0 bridgehead atoms. The fraction of sp³-hybridized carbons (Fsp3) is 0.833. The van der Waals surface area contributed by atoms with Crippen LogP contribution in [0.5, 0.6) is 0 Å². The van der Waals surface area contributed by atoms with E-state index in [2.05, 4.69) is 0 Å². The molecule has 0 aromatic rings. The molecule has 0 N–H and O–H groups in total. The number of hydrogen-bond donors (Lipinski definition) is 0. The van der Waals surface area contributed by atoms with Crippen molar-refractivity contribution in [1.82, 2.24) is 0 Å². The van der Waals surface area contributed by atoms with Gasteiger partial charge >= 0.3 is 17.9 Å². The summed E-state index contributed by atoms with van der Waals surface area (Å²) in [5.74, 6) is -7.28. The van der Waals surface area contributed by atoms with E-state index in [9.17, 15) is 26.7 Å². The SMILES string of the molecule is C[C@H](I)CC(F)(F)C(=O)C(F)(F)F. The van der Waals surface area contributed by atoms with Crippen molar-refractivity contribution in [3.63, 3.8) is 0 Å². The number of Topliss-reactive ketones (excluding diaryl/α,β-unsaturated/α-hetero) is 1. The van der Waals surface area contributed by atoms with E-state index in [1.165, 1.54) is 29.5 Å². The Bertz CT molecular complexity index is 198. The Morgan fingerprint density at radius 2 is 1.69 bits per heavy atom. The first-order valence-electron chi connectivity index (χ1n) is 3.21. The van der Waals surface area contributed by atoms with Gasteiger partial charge in [0.1, 0.15) is 0 Å². The second-order valence-corrected chi connectivity index (χ2v) is 4.64. The second kappa shape index (κ2) is 4.05. The van der Waals surface area contributed by atoms with Crippen LogP contribution in [0.25, 0.3) is 0 Å². The summed E-state index contributed by atoms with van der Waals surface area (Å²) in [6, 6.07) is 0. The fourth-order valence-corrected chi connectivity index (χ4v) is 1.21. The predicted molar refractivity (Wildman–Crippen MR) is 44.1 cm³/mol. The number of ketones is 1. The molecule has 0 unspecified atom stereocenters. The maximum atomic E-state index is 12.5. The van der Waals surface area contributed by atoms with Crippen LogP contribution in [0.1, 0.15) is 13.3 Å². The summed E-state index contributed by atoms with van der Waals surface area (Å²) in [6.07, 6.45) is -6.55. The molecular formula is C6H6F5IO. The molecule has 0 aliphatic heterocycles. The largest absolute Gasteiger partial charge is 0.456 e. The summed E-state index contributed by atoms with van der Waals surface area (Å²) < 4.78 is 59.0. The van der Waals surface area contributed by atoms with E-state index >= 15 is 0 Å². The van der Waals surface area contributed by atoms with Gasteiger partial charge in [-0.1, -0.05) is 29.5 Å². The molecule has 0 radical (unpaired) electrons. The topological polar surface area (TPSA) is 17.1 Å². The minimum absolute atomic E-state index is 0.695. The molecule has 78 valence electrons. The van der Waals surface area contributed by atoms with Crippen LogP contribution < -0.4 is 0 Å². The molecule has 0 aromatic heterocycles. The highest BCUT2D eigenvalue weighted by molar-refractivity contribution is 14.1. The molecule has 0 aliphatic carbocycles. The second-order valence-electron chi connectivity index (χ2n) is 2.52. The monoisotopic (exact) mass is 316 g/mol. The van der Waals surface area contributed by atoms with Crippen molar-refractivity contribution >= 4 is 28.4 Å². The van der Waals surface area contributed by atoms with E-state index in [1.807, 2.05) is 0 Å². The molecule has 0 aliphatic rings. The first kappa shape index (κ1) is 13.1. The van der Waals surface area contributed by atoms with Crippen LogP contribution in [-0.4, -0.2) is 21.8 Å². The molecular weight excluding hydrogens is 310 g/mol. The van der Waals surface area contributed by atoms with Crippen molar-refractivity contribution in [2.75, 3.05) is 0 Å². The molecule has 1 atom stereocenters. The van der Waals surface area contributed by atoms with Gasteiger partial charge in [-0.25, -0.2) is 0 Å². The lowest BCUT2D eigenvalue weighted by molar-refractivity contribution is -0.195. The van der Waals surface area contributed by atoms with Crippen molar-refractivity contribution in [1.29, 1.82) is 0 Å². The lowest BCUT2D eigenvalue weighted by Gasteiger charge is -2.17. The van der Waals surface area contributed by atoms with Gasteiger partial charge < -0.3 is 0 Å². The minimum Gasteiger partial charge on any atom is -0.283 e. The molecule has 0 amide bonds. The Labute approximate surface area is 84.8 Å². The van der Waals surface area contributed by atoms with Crippen LogP contribution in [0.15, 0.2) is 0 Å². The number of carbonyl (C=O) groups is 1. The zero-order chi connectivity index (χ0) is 10.9. The fourth-order valence-electron chi connectivity index (χ4n) is 0.653. The minimum atomic E-state index is -5.46. The summed E-state index contributed by atoms with van der Waals surface area (Å²) in [4.78, 5) is 10.1. The summed E-state index contributed by atoms with van der Waals surface area (Å²) in [5, 5.41) is 0. The van der Waals surface area contributed by atoms with Gasteiger partial charge in [-0.3, -0.25) is 4.79 Å². The number of hydrogen-bond acceptors (Lipinski definition) is 1. The van der Waals surface area contributed by atoms with Gasteiger partial charge in [0, 0.05) is 10.3 Å². The summed E-state index contributed by atoms with van der Waals surface area (Å²) >= 11 is 1.53. The Hall–Kier alpha value is 0.0500. The Balaban J connectivity index is 4.55.